The van der Waals surface area contributed by atoms with Crippen LogP contribution >= 0.6 is 0 Å². The predicted octanol–water partition coefficient (Wildman–Crippen LogP) is 2.58. The Kier molecular flexibility index (Phi) is 4.57. The van der Waals surface area contributed by atoms with Gasteiger partial charge in [-0.2, -0.15) is 0 Å². The molecule has 2 aromatic carbocycles. The molecule has 0 spiro atoms. The van der Waals surface area contributed by atoms with E-state index < -0.39 is 10.9 Å². The first-order valence-corrected chi connectivity index (χ1v) is 7.94. The van der Waals surface area contributed by atoms with Crippen LogP contribution in [0.2, 0.25) is 0 Å². The summed E-state index contributed by atoms with van der Waals surface area (Å²) >= 11 is 0. The molecule has 0 saturated carbocycles. The van der Waals surface area contributed by atoms with E-state index in [0.29, 0.717) is 11.4 Å². The lowest BCUT2D eigenvalue weighted by molar-refractivity contribution is -0.384. The van der Waals surface area contributed by atoms with Crippen LogP contribution in [0.4, 0.5) is 17.1 Å². The summed E-state index contributed by atoms with van der Waals surface area (Å²) in [5.74, 6) is -0.789. The van der Waals surface area contributed by atoms with Gasteiger partial charge in [-0.1, -0.05) is 17.7 Å². The zero-order chi connectivity index (χ0) is 18.8. The summed E-state index contributed by atoms with van der Waals surface area (Å²) in [6.07, 6.45) is 0. The van der Waals surface area contributed by atoms with Crippen molar-refractivity contribution in [3.05, 3.63) is 57.6 Å². The Morgan fingerprint density at radius 2 is 2.04 bits per heavy atom. The molecule has 8 heteroatoms. The fourth-order valence-corrected chi connectivity index (χ4v) is 2.81. The molecule has 2 aromatic rings. The molecule has 1 amide bonds. The minimum absolute atomic E-state index is 0.0762. The van der Waals surface area contributed by atoms with Crippen LogP contribution in [0.3, 0.4) is 0 Å². The van der Waals surface area contributed by atoms with Gasteiger partial charge < -0.3 is 15.0 Å². The lowest BCUT2D eigenvalue weighted by Gasteiger charge is -2.29. The zero-order valence-electron chi connectivity index (χ0n) is 14.3. The average Bonchev–Trinajstić information content (AvgIpc) is 2.56. The van der Waals surface area contributed by atoms with E-state index >= 15 is 0 Å². The number of nitro groups is 1. The summed E-state index contributed by atoms with van der Waals surface area (Å²) in [5.41, 5.74) is 3.01. The molecule has 0 aliphatic carbocycles. The maximum Gasteiger partial charge on any atom is 0.331 e. The molecule has 0 unspecified atom stereocenters. The average molecular weight is 355 g/mol. The number of non-ortho nitro benzene ring substituents is 1. The molecule has 0 aromatic heterocycles. The first kappa shape index (κ1) is 17.4. The van der Waals surface area contributed by atoms with Crippen molar-refractivity contribution in [1.82, 2.24) is 0 Å². The van der Waals surface area contributed by atoms with Crippen molar-refractivity contribution in [3.8, 4) is 5.75 Å². The lowest BCUT2D eigenvalue weighted by Crippen LogP contribution is -2.41. The molecule has 1 aliphatic rings. The second-order valence-electron chi connectivity index (χ2n) is 6.11. The van der Waals surface area contributed by atoms with Crippen molar-refractivity contribution in [2.45, 2.75) is 13.8 Å². The van der Waals surface area contributed by atoms with Crippen molar-refractivity contribution >= 4 is 28.9 Å². The molecule has 0 radical (unpaired) electrons. The van der Waals surface area contributed by atoms with E-state index in [0.717, 1.165) is 11.1 Å². The lowest BCUT2D eigenvalue weighted by atomic mass is 10.1. The van der Waals surface area contributed by atoms with E-state index in [1.54, 1.807) is 0 Å². The van der Waals surface area contributed by atoms with E-state index in [-0.39, 0.29) is 30.4 Å². The van der Waals surface area contributed by atoms with Crippen molar-refractivity contribution in [2.75, 3.05) is 23.3 Å². The van der Waals surface area contributed by atoms with Gasteiger partial charge in [-0.15, -0.1) is 0 Å². The molecule has 3 rings (SSSR count). The van der Waals surface area contributed by atoms with E-state index in [1.165, 1.54) is 23.1 Å². The third-order valence-corrected chi connectivity index (χ3v) is 4.03. The van der Waals surface area contributed by atoms with Crippen LogP contribution in [-0.2, 0) is 9.59 Å². The Morgan fingerprint density at radius 1 is 1.27 bits per heavy atom. The molecule has 8 nitrogen and oxygen atoms in total. The van der Waals surface area contributed by atoms with E-state index in [2.05, 4.69) is 5.32 Å². The van der Waals surface area contributed by atoms with Gasteiger partial charge in [-0.3, -0.25) is 14.9 Å². The van der Waals surface area contributed by atoms with Gasteiger partial charge >= 0.3 is 5.97 Å². The Morgan fingerprint density at radius 3 is 2.73 bits per heavy atom. The monoisotopic (exact) mass is 355 g/mol. The van der Waals surface area contributed by atoms with E-state index in [9.17, 15) is 19.7 Å². The fourth-order valence-electron chi connectivity index (χ4n) is 2.81. The summed E-state index contributed by atoms with van der Waals surface area (Å²) in [4.78, 5) is 36.0. The highest BCUT2D eigenvalue weighted by Gasteiger charge is 2.27. The number of anilines is 2. The molecule has 1 aliphatic heterocycles. The summed E-state index contributed by atoms with van der Waals surface area (Å²) in [5, 5.41) is 13.7. The van der Waals surface area contributed by atoms with Crippen molar-refractivity contribution in [1.29, 1.82) is 0 Å². The van der Waals surface area contributed by atoms with Crippen LogP contribution < -0.4 is 15.0 Å². The SMILES string of the molecule is Cc1ccc(NC(=O)CN2CC(=O)Oc3cc([N+](=O)[O-])ccc32)c(C)c1. The van der Waals surface area contributed by atoms with Crippen LogP contribution in [-0.4, -0.2) is 29.9 Å². The number of aryl methyl sites for hydroxylation is 2. The fraction of sp³-hybridized carbons (Fsp3) is 0.222. The predicted molar refractivity (Wildman–Crippen MR) is 95.5 cm³/mol. The molecule has 0 atom stereocenters. The molecule has 1 N–H and O–H groups in total. The van der Waals surface area contributed by atoms with Gasteiger partial charge in [0.15, 0.2) is 5.75 Å². The first-order chi connectivity index (χ1) is 12.3. The summed E-state index contributed by atoms with van der Waals surface area (Å²) < 4.78 is 5.07. The van der Waals surface area contributed by atoms with E-state index in [1.807, 2.05) is 32.0 Å². The third-order valence-electron chi connectivity index (χ3n) is 4.03. The summed E-state index contributed by atoms with van der Waals surface area (Å²) in [6.45, 7) is 3.68. The highest BCUT2D eigenvalue weighted by Crippen LogP contribution is 2.35. The molecule has 134 valence electrons. The Hall–Kier alpha value is -3.42. The van der Waals surface area contributed by atoms with Crippen LogP contribution in [0.25, 0.3) is 0 Å². The molecule has 0 saturated heterocycles. The number of carbonyl (C=O) groups is 2. The topological polar surface area (TPSA) is 102 Å². The number of nitro benzene ring substituents is 1. The van der Waals surface area contributed by atoms with Gasteiger partial charge in [0.05, 0.1) is 23.2 Å². The first-order valence-electron chi connectivity index (χ1n) is 7.94. The number of benzene rings is 2. The van der Waals surface area contributed by atoms with Gasteiger partial charge in [-0.25, -0.2) is 4.79 Å². The van der Waals surface area contributed by atoms with Crippen LogP contribution in [0.1, 0.15) is 11.1 Å². The number of nitrogens with one attached hydrogen (secondary N) is 1. The zero-order valence-corrected chi connectivity index (χ0v) is 14.3. The van der Waals surface area contributed by atoms with E-state index in [4.69, 9.17) is 4.74 Å². The smallest absolute Gasteiger partial charge is 0.331 e. The normalized spacial score (nSPS) is 13.0. The molecular weight excluding hydrogens is 338 g/mol. The second kappa shape index (κ2) is 6.83. The number of ether oxygens (including phenoxy) is 1. The number of nitrogens with zero attached hydrogens (tertiary/aromatic N) is 2. The van der Waals surface area contributed by atoms with Gasteiger partial charge in [0.2, 0.25) is 5.91 Å². The summed E-state index contributed by atoms with van der Waals surface area (Å²) in [7, 11) is 0. The Bertz CT molecular complexity index is 910. The number of hydrogen-bond acceptors (Lipinski definition) is 6. The van der Waals surface area contributed by atoms with Crippen molar-refractivity contribution in [3.63, 3.8) is 0 Å². The molecule has 0 bridgehead atoms. The van der Waals surface area contributed by atoms with Gasteiger partial charge in [0.1, 0.15) is 6.54 Å². The summed E-state index contributed by atoms with van der Waals surface area (Å²) in [6, 6.07) is 9.65. The highest BCUT2D eigenvalue weighted by atomic mass is 16.6. The number of esters is 1. The minimum Gasteiger partial charge on any atom is -0.423 e. The maximum absolute atomic E-state index is 12.4. The Labute approximate surface area is 149 Å². The number of carbonyl (C=O) groups excluding carboxylic acids is 2. The van der Waals surface area contributed by atoms with Gasteiger partial charge in [-0.05, 0) is 31.5 Å². The molecule has 0 fully saturated rings. The van der Waals surface area contributed by atoms with Crippen LogP contribution in [0.5, 0.6) is 5.75 Å². The second-order valence-corrected chi connectivity index (χ2v) is 6.11. The number of amides is 1. The van der Waals surface area contributed by atoms with Crippen molar-refractivity contribution in [2.24, 2.45) is 0 Å². The molecular formula is C18H17N3O5. The van der Waals surface area contributed by atoms with Crippen molar-refractivity contribution < 1.29 is 19.2 Å². The van der Waals surface area contributed by atoms with Gasteiger partial charge in [0, 0.05) is 11.8 Å². The Balaban J connectivity index is 1.78. The molecule has 26 heavy (non-hydrogen) atoms. The third kappa shape index (κ3) is 3.64. The minimum atomic E-state index is -0.572. The van der Waals surface area contributed by atoms with Crippen LogP contribution in [0.15, 0.2) is 36.4 Å². The molecule has 1 heterocycles. The van der Waals surface area contributed by atoms with Gasteiger partial charge in [0.25, 0.3) is 5.69 Å². The number of fused-ring (bicyclic) bond motifs is 1. The maximum atomic E-state index is 12.4. The highest BCUT2D eigenvalue weighted by molar-refractivity contribution is 5.97. The number of rotatable bonds is 4. The quantitative estimate of drug-likeness (QED) is 0.391. The number of hydrogen-bond donors (Lipinski definition) is 1. The standard InChI is InChI=1S/C18H17N3O5/c1-11-3-5-14(12(2)7-11)19-17(22)9-20-10-18(23)26-16-8-13(21(24)25)4-6-15(16)20/h3-8H,9-10H2,1-2H3,(H,19,22). The largest absolute Gasteiger partial charge is 0.423 e. The van der Waals surface area contributed by atoms with Crippen LogP contribution in [0, 0.1) is 24.0 Å².